The highest BCUT2D eigenvalue weighted by Crippen LogP contribution is 2.49. The van der Waals surface area contributed by atoms with Crippen LogP contribution < -0.4 is 0 Å². The van der Waals surface area contributed by atoms with Crippen molar-refractivity contribution in [1.29, 1.82) is 0 Å². The van der Waals surface area contributed by atoms with E-state index in [0.717, 1.165) is 11.2 Å². The zero-order chi connectivity index (χ0) is 19.1. The van der Waals surface area contributed by atoms with Gasteiger partial charge in [0.05, 0.1) is 5.52 Å². The Labute approximate surface area is 168 Å². The van der Waals surface area contributed by atoms with Crippen LogP contribution in [0.3, 0.4) is 0 Å². The molecule has 1 aliphatic rings. The van der Waals surface area contributed by atoms with Crippen LogP contribution in [0, 0.1) is 6.92 Å². The summed E-state index contributed by atoms with van der Waals surface area (Å²) in [5.74, 6) is 0. The number of hydrogen-bond acceptors (Lipinski definition) is 1. The Kier molecular flexibility index (Phi) is 2.74. The van der Waals surface area contributed by atoms with Crippen LogP contribution in [0.2, 0.25) is 0 Å². The molecule has 0 unspecified atom stereocenters. The van der Waals surface area contributed by atoms with Crippen molar-refractivity contribution >= 4 is 43.2 Å². The fourth-order valence-corrected chi connectivity index (χ4v) is 5.18. The molecule has 6 aromatic rings. The highest BCUT2D eigenvalue weighted by molar-refractivity contribution is 6.34. The van der Waals surface area contributed by atoms with Gasteiger partial charge in [-0.15, -0.1) is 0 Å². The van der Waals surface area contributed by atoms with Crippen molar-refractivity contribution in [2.24, 2.45) is 0 Å². The van der Waals surface area contributed by atoms with Gasteiger partial charge in [0, 0.05) is 16.6 Å². The van der Waals surface area contributed by atoms with Gasteiger partial charge in [-0.2, -0.15) is 0 Å². The van der Waals surface area contributed by atoms with Gasteiger partial charge in [-0.3, -0.25) is 4.98 Å². The predicted octanol–water partition coefficient (Wildman–Crippen LogP) is 7.65. The lowest BCUT2D eigenvalue weighted by molar-refractivity contribution is 1.26. The summed E-state index contributed by atoms with van der Waals surface area (Å²) < 4.78 is 0. The largest absolute Gasteiger partial charge is 0.252 e. The molecule has 1 aromatic heterocycles. The predicted molar refractivity (Wildman–Crippen MR) is 123 cm³/mol. The molecule has 0 fully saturated rings. The van der Waals surface area contributed by atoms with Gasteiger partial charge in [-0.05, 0) is 62.0 Å². The fourth-order valence-electron chi connectivity index (χ4n) is 5.18. The van der Waals surface area contributed by atoms with Crippen molar-refractivity contribution < 1.29 is 0 Å². The zero-order valence-corrected chi connectivity index (χ0v) is 16.0. The number of nitrogens with zero attached hydrogens (tertiary/aromatic N) is 1. The summed E-state index contributed by atoms with van der Waals surface area (Å²) in [5, 5.41) is 9.33. The van der Waals surface area contributed by atoms with Crippen LogP contribution in [0.1, 0.15) is 5.69 Å². The minimum absolute atomic E-state index is 1.05. The van der Waals surface area contributed by atoms with Crippen LogP contribution in [-0.4, -0.2) is 4.98 Å². The minimum Gasteiger partial charge on any atom is -0.252 e. The maximum Gasteiger partial charge on any atom is 0.0783 e. The van der Waals surface area contributed by atoms with E-state index < -0.39 is 0 Å². The first kappa shape index (κ1) is 15.2. The molecule has 134 valence electrons. The van der Waals surface area contributed by atoms with Crippen molar-refractivity contribution in [2.75, 3.05) is 0 Å². The summed E-state index contributed by atoms with van der Waals surface area (Å²) in [5.41, 5.74) is 7.31. The normalized spacial score (nSPS) is 12.3. The Hall–Kier alpha value is -3.71. The average molecular weight is 367 g/mol. The fraction of sp³-hybridized carbons (Fsp3) is 0.0357. The number of benzene rings is 5. The second kappa shape index (κ2) is 5.21. The summed E-state index contributed by atoms with van der Waals surface area (Å²) in [6.45, 7) is 2.06. The summed E-state index contributed by atoms with van der Waals surface area (Å²) >= 11 is 0. The molecule has 29 heavy (non-hydrogen) atoms. The van der Waals surface area contributed by atoms with Gasteiger partial charge in [0.15, 0.2) is 0 Å². The minimum atomic E-state index is 1.05. The Morgan fingerprint density at radius 1 is 0.483 bits per heavy atom. The molecule has 1 aliphatic carbocycles. The van der Waals surface area contributed by atoms with Crippen LogP contribution >= 0.6 is 0 Å². The van der Waals surface area contributed by atoms with E-state index in [-0.39, 0.29) is 0 Å². The summed E-state index contributed by atoms with van der Waals surface area (Å²) in [4.78, 5) is 4.89. The van der Waals surface area contributed by atoms with E-state index in [4.69, 9.17) is 4.98 Å². The number of aryl methyl sites for hydroxylation is 1. The molecule has 5 aromatic carbocycles. The van der Waals surface area contributed by atoms with Gasteiger partial charge in [0.2, 0.25) is 0 Å². The third kappa shape index (κ3) is 1.87. The van der Waals surface area contributed by atoms with Crippen molar-refractivity contribution in [2.45, 2.75) is 6.92 Å². The van der Waals surface area contributed by atoms with E-state index in [1.165, 1.54) is 60.0 Å². The topological polar surface area (TPSA) is 12.9 Å². The van der Waals surface area contributed by atoms with E-state index in [1.807, 2.05) is 0 Å². The van der Waals surface area contributed by atoms with Crippen molar-refractivity contribution in [1.82, 2.24) is 4.98 Å². The molecule has 0 saturated heterocycles. The van der Waals surface area contributed by atoms with Gasteiger partial charge >= 0.3 is 0 Å². The second-order valence-corrected chi connectivity index (χ2v) is 8.05. The third-order valence-corrected chi connectivity index (χ3v) is 6.44. The van der Waals surface area contributed by atoms with Crippen LogP contribution in [0.5, 0.6) is 0 Å². The van der Waals surface area contributed by atoms with Crippen LogP contribution in [0.15, 0.2) is 84.9 Å². The number of para-hydroxylation sites is 1. The van der Waals surface area contributed by atoms with E-state index >= 15 is 0 Å². The lowest BCUT2D eigenvalue weighted by Crippen LogP contribution is -1.89. The lowest BCUT2D eigenvalue weighted by Gasteiger charge is -2.12. The number of aromatic nitrogens is 1. The Bertz CT molecular complexity index is 1660. The highest BCUT2D eigenvalue weighted by atomic mass is 14.7. The van der Waals surface area contributed by atoms with E-state index in [9.17, 15) is 0 Å². The van der Waals surface area contributed by atoms with Crippen molar-refractivity contribution in [3.8, 4) is 22.3 Å². The molecule has 0 aliphatic heterocycles. The molecule has 0 bridgehead atoms. The van der Waals surface area contributed by atoms with Gasteiger partial charge in [-0.1, -0.05) is 78.9 Å². The smallest absolute Gasteiger partial charge is 0.0783 e. The van der Waals surface area contributed by atoms with E-state index in [2.05, 4.69) is 91.9 Å². The maximum absolute atomic E-state index is 4.89. The standard InChI is InChI=1S/C28H17N/c1-16-8-9-19-5-3-7-24(28(19)29-16)20-14-15-23-21-6-2-4-17-10-11-18-12-13-22(20)27(23)26(18)25(17)21/h2-15H,1H3. The first-order chi connectivity index (χ1) is 14.3. The molecule has 1 heteroatoms. The summed E-state index contributed by atoms with van der Waals surface area (Å²) in [6.07, 6.45) is 0. The molecular weight excluding hydrogens is 350 g/mol. The molecule has 0 N–H and O–H groups in total. The van der Waals surface area contributed by atoms with Crippen molar-refractivity contribution in [3.05, 3.63) is 90.6 Å². The Morgan fingerprint density at radius 2 is 1.14 bits per heavy atom. The molecule has 7 rings (SSSR count). The van der Waals surface area contributed by atoms with Crippen LogP contribution in [0.4, 0.5) is 0 Å². The SMILES string of the molecule is Cc1ccc2cccc(-c3ccc4c5c3ccc3ccc6cccc-4c6c35)c2n1. The molecule has 0 radical (unpaired) electrons. The van der Waals surface area contributed by atoms with E-state index in [1.54, 1.807) is 0 Å². The van der Waals surface area contributed by atoms with Crippen molar-refractivity contribution in [3.63, 3.8) is 0 Å². The van der Waals surface area contributed by atoms with Gasteiger partial charge in [-0.25, -0.2) is 0 Å². The zero-order valence-electron chi connectivity index (χ0n) is 16.0. The summed E-state index contributed by atoms with van der Waals surface area (Å²) in [6, 6.07) is 31.1. The lowest BCUT2D eigenvalue weighted by atomic mass is 9.92. The molecule has 0 amide bonds. The van der Waals surface area contributed by atoms with Gasteiger partial charge in [0.1, 0.15) is 0 Å². The van der Waals surface area contributed by atoms with Gasteiger partial charge < -0.3 is 0 Å². The molecular formula is C28H17N. The molecule has 1 heterocycles. The van der Waals surface area contributed by atoms with E-state index in [0.29, 0.717) is 0 Å². The monoisotopic (exact) mass is 367 g/mol. The highest BCUT2D eigenvalue weighted by Gasteiger charge is 2.22. The second-order valence-electron chi connectivity index (χ2n) is 8.05. The molecule has 1 nitrogen and oxygen atoms in total. The summed E-state index contributed by atoms with van der Waals surface area (Å²) in [7, 11) is 0. The number of rotatable bonds is 1. The Morgan fingerprint density at radius 3 is 2.03 bits per heavy atom. The molecule has 0 spiro atoms. The first-order valence-electron chi connectivity index (χ1n) is 10.1. The number of hydrogen-bond donors (Lipinski definition) is 0. The number of pyridine rings is 1. The van der Waals surface area contributed by atoms with Crippen LogP contribution in [-0.2, 0) is 0 Å². The third-order valence-electron chi connectivity index (χ3n) is 6.44. The molecule has 0 saturated carbocycles. The Balaban J connectivity index is 1.68. The van der Waals surface area contributed by atoms with Gasteiger partial charge in [0.25, 0.3) is 0 Å². The number of fused-ring (bicyclic) bond motifs is 2. The maximum atomic E-state index is 4.89. The van der Waals surface area contributed by atoms with Crippen LogP contribution in [0.25, 0.3) is 65.5 Å². The first-order valence-corrected chi connectivity index (χ1v) is 10.1. The average Bonchev–Trinajstić information content (AvgIpc) is 3.11. The molecule has 0 atom stereocenters. The quantitative estimate of drug-likeness (QED) is 0.272.